The number of nitroso groups, excluding NO2 is 1. The number of carbonyl (C=O) groups is 1. The van der Waals surface area contributed by atoms with E-state index in [4.69, 9.17) is 0 Å². The molecule has 0 fully saturated rings. The fourth-order valence-electron chi connectivity index (χ4n) is 0.760. The highest BCUT2D eigenvalue weighted by Gasteiger charge is 2.04. The van der Waals surface area contributed by atoms with Gasteiger partial charge in [-0.2, -0.15) is 0 Å². The molecule has 1 amide bonds. The van der Waals surface area contributed by atoms with Gasteiger partial charge in [-0.3, -0.25) is 4.79 Å². The fourth-order valence-corrected chi connectivity index (χ4v) is 0.760. The van der Waals surface area contributed by atoms with Gasteiger partial charge in [0.1, 0.15) is 0 Å². The molecule has 11 heavy (non-hydrogen) atoms. The number of unbranched alkanes of at least 4 members (excludes halogenated alkanes) is 2. The Morgan fingerprint density at radius 1 is 1.45 bits per heavy atom. The van der Waals surface area contributed by atoms with Gasteiger partial charge >= 0.3 is 5.91 Å². The Hall–Kier alpha value is -0.990. The van der Waals surface area contributed by atoms with Crippen LogP contribution in [-0.4, -0.2) is 5.91 Å². The summed E-state index contributed by atoms with van der Waals surface area (Å²) >= 11 is 0. The Morgan fingerprint density at radius 3 is 2.55 bits per heavy atom. The molecule has 3 nitrogen and oxygen atoms in total. The molecule has 0 saturated heterocycles. The molecule has 0 aromatic carbocycles. The maximum atomic E-state index is 10.5. The van der Waals surface area contributed by atoms with E-state index in [0.29, 0.717) is 12.0 Å². The number of rotatable bonds is 5. The van der Waals surface area contributed by atoms with Crippen molar-refractivity contribution in [2.45, 2.75) is 32.6 Å². The van der Waals surface area contributed by atoms with Crippen molar-refractivity contribution < 1.29 is 4.79 Å². The third-order valence-corrected chi connectivity index (χ3v) is 1.47. The van der Waals surface area contributed by atoms with Gasteiger partial charge in [0.2, 0.25) is 0 Å². The van der Waals surface area contributed by atoms with E-state index in [1.165, 1.54) is 0 Å². The zero-order valence-corrected chi connectivity index (χ0v) is 6.80. The predicted molar refractivity (Wildman–Crippen MR) is 44.1 cm³/mol. The molecular formula is C8H13NO2. The first-order valence-corrected chi connectivity index (χ1v) is 3.77. The molecule has 0 radical (unpaired) electrons. The highest BCUT2D eigenvalue weighted by Crippen LogP contribution is 2.07. The normalized spacial score (nSPS) is 9.18. The lowest BCUT2D eigenvalue weighted by molar-refractivity contribution is -0.114. The third-order valence-electron chi connectivity index (χ3n) is 1.47. The van der Waals surface area contributed by atoms with Crippen molar-refractivity contribution in [1.82, 2.24) is 0 Å². The van der Waals surface area contributed by atoms with Crippen LogP contribution in [-0.2, 0) is 4.79 Å². The van der Waals surface area contributed by atoms with Crippen LogP contribution in [0, 0.1) is 4.91 Å². The SMILES string of the molecule is C=C(CCCCC)C(=O)N=O. The molecule has 0 rings (SSSR count). The first kappa shape index (κ1) is 10.0. The summed E-state index contributed by atoms with van der Waals surface area (Å²) in [5, 5.41) is 2.28. The molecule has 0 aromatic heterocycles. The highest BCUT2D eigenvalue weighted by molar-refractivity contribution is 5.93. The van der Waals surface area contributed by atoms with Crippen molar-refractivity contribution in [2.75, 3.05) is 0 Å². The Morgan fingerprint density at radius 2 is 2.09 bits per heavy atom. The van der Waals surface area contributed by atoms with Crippen molar-refractivity contribution >= 4 is 5.91 Å². The zero-order chi connectivity index (χ0) is 8.69. The van der Waals surface area contributed by atoms with Crippen molar-refractivity contribution in [3.8, 4) is 0 Å². The minimum Gasteiger partial charge on any atom is -0.264 e. The highest BCUT2D eigenvalue weighted by atomic mass is 16.3. The monoisotopic (exact) mass is 155 g/mol. The van der Waals surface area contributed by atoms with E-state index in [1.54, 1.807) is 0 Å². The van der Waals surface area contributed by atoms with Crippen LogP contribution in [0.4, 0.5) is 0 Å². The Kier molecular flexibility index (Phi) is 5.25. The first-order chi connectivity index (χ1) is 5.22. The molecule has 0 saturated carbocycles. The minimum atomic E-state index is -0.707. The maximum Gasteiger partial charge on any atom is 0.312 e. The Labute approximate surface area is 66.5 Å². The summed E-state index contributed by atoms with van der Waals surface area (Å²) in [5.41, 5.74) is 0.327. The average molecular weight is 155 g/mol. The standard InChI is InChI=1S/C8H13NO2/c1-3-4-5-6-7(2)8(10)9-11/h2-6H2,1H3. The van der Waals surface area contributed by atoms with Gasteiger partial charge in [-0.15, -0.1) is 4.91 Å². The fraction of sp³-hybridized carbons (Fsp3) is 0.625. The largest absolute Gasteiger partial charge is 0.312 e. The van der Waals surface area contributed by atoms with E-state index < -0.39 is 5.91 Å². The number of hydrogen-bond acceptors (Lipinski definition) is 2. The van der Waals surface area contributed by atoms with Crippen LogP contribution >= 0.6 is 0 Å². The molecule has 0 heterocycles. The topological polar surface area (TPSA) is 46.5 Å². The smallest absolute Gasteiger partial charge is 0.264 e. The predicted octanol–water partition coefficient (Wildman–Crippen LogP) is 2.42. The average Bonchev–Trinajstić information content (AvgIpc) is 2.03. The van der Waals surface area contributed by atoms with E-state index >= 15 is 0 Å². The molecule has 0 N–H and O–H groups in total. The molecule has 62 valence electrons. The summed E-state index contributed by atoms with van der Waals surface area (Å²) < 4.78 is 0. The second-order valence-corrected chi connectivity index (χ2v) is 2.46. The van der Waals surface area contributed by atoms with Crippen molar-refractivity contribution in [1.29, 1.82) is 0 Å². The zero-order valence-electron chi connectivity index (χ0n) is 6.80. The van der Waals surface area contributed by atoms with E-state index in [1.807, 2.05) is 0 Å². The molecule has 0 aliphatic rings. The number of hydrogen-bond donors (Lipinski definition) is 0. The first-order valence-electron chi connectivity index (χ1n) is 3.77. The van der Waals surface area contributed by atoms with Gasteiger partial charge in [-0.1, -0.05) is 26.3 Å². The van der Waals surface area contributed by atoms with Gasteiger partial charge in [0, 0.05) is 10.7 Å². The van der Waals surface area contributed by atoms with Gasteiger partial charge in [0.05, 0.1) is 0 Å². The summed E-state index contributed by atoms with van der Waals surface area (Å²) in [6, 6.07) is 0. The summed E-state index contributed by atoms with van der Waals surface area (Å²) in [5.74, 6) is -0.707. The molecule has 0 aliphatic carbocycles. The molecule has 0 aromatic rings. The van der Waals surface area contributed by atoms with E-state index in [2.05, 4.69) is 18.7 Å². The van der Waals surface area contributed by atoms with Gasteiger partial charge < -0.3 is 0 Å². The lowest BCUT2D eigenvalue weighted by Crippen LogP contribution is -1.95. The second-order valence-electron chi connectivity index (χ2n) is 2.46. The van der Waals surface area contributed by atoms with Crippen LogP contribution in [0.25, 0.3) is 0 Å². The van der Waals surface area contributed by atoms with Crippen LogP contribution < -0.4 is 0 Å². The molecule has 0 unspecified atom stereocenters. The quantitative estimate of drug-likeness (QED) is 0.347. The summed E-state index contributed by atoms with van der Waals surface area (Å²) in [4.78, 5) is 20.2. The van der Waals surface area contributed by atoms with Crippen LogP contribution in [0.2, 0.25) is 0 Å². The van der Waals surface area contributed by atoms with Crippen LogP contribution in [0.15, 0.2) is 17.3 Å². The Bertz CT molecular complexity index is 163. The second kappa shape index (κ2) is 5.77. The van der Waals surface area contributed by atoms with E-state index in [-0.39, 0.29) is 0 Å². The molecule has 0 aliphatic heterocycles. The van der Waals surface area contributed by atoms with Gasteiger partial charge in [0.15, 0.2) is 0 Å². The lowest BCUT2D eigenvalue weighted by atomic mass is 10.1. The summed E-state index contributed by atoms with van der Waals surface area (Å²) in [7, 11) is 0. The number of carbonyl (C=O) groups excluding carboxylic acids is 1. The maximum absolute atomic E-state index is 10.5. The van der Waals surface area contributed by atoms with Crippen LogP contribution in [0.1, 0.15) is 32.6 Å². The van der Waals surface area contributed by atoms with Gasteiger partial charge in [-0.05, 0) is 12.8 Å². The van der Waals surface area contributed by atoms with Gasteiger partial charge in [-0.25, -0.2) is 0 Å². The van der Waals surface area contributed by atoms with Crippen molar-refractivity contribution in [3.63, 3.8) is 0 Å². The van der Waals surface area contributed by atoms with Crippen molar-refractivity contribution in [3.05, 3.63) is 17.1 Å². The Balaban J connectivity index is 3.52. The lowest BCUT2D eigenvalue weighted by Gasteiger charge is -1.96. The molecule has 3 heteroatoms. The van der Waals surface area contributed by atoms with Crippen molar-refractivity contribution in [2.24, 2.45) is 5.18 Å². The molecule has 0 spiro atoms. The van der Waals surface area contributed by atoms with E-state index in [9.17, 15) is 9.70 Å². The third kappa shape index (κ3) is 4.42. The van der Waals surface area contributed by atoms with Crippen LogP contribution in [0.3, 0.4) is 0 Å². The minimum absolute atomic E-state index is 0.327. The number of nitrogens with zero attached hydrogens (tertiary/aromatic N) is 1. The summed E-state index contributed by atoms with van der Waals surface area (Å²) in [6.07, 6.45) is 3.66. The van der Waals surface area contributed by atoms with Crippen LogP contribution in [0.5, 0.6) is 0 Å². The van der Waals surface area contributed by atoms with Gasteiger partial charge in [0.25, 0.3) is 0 Å². The molecular weight excluding hydrogens is 142 g/mol. The number of amides is 1. The summed E-state index contributed by atoms with van der Waals surface area (Å²) in [6.45, 7) is 5.53. The van der Waals surface area contributed by atoms with E-state index in [0.717, 1.165) is 19.3 Å². The molecule has 0 bridgehead atoms. The molecule has 0 atom stereocenters.